The van der Waals surface area contributed by atoms with E-state index in [0.29, 0.717) is 5.92 Å². The van der Waals surface area contributed by atoms with Crippen LogP contribution in [0.4, 0.5) is 0 Å². The van der Waals surface area contributed by atoms with Crippen LogP contribution in [0.3, 0.4) is 0 Å². The lowest BCUT2D eigenvalue weighted by Gasteiger charge is -2.24. The molecule has 0 N–H and O–H groups in total. The Morgan fingerprint density at radius 2 is 1.79 bits per heavy atom. The predicted octanol–water partition coefficient (Wildman–Crippen LogP) is 7.96. The van der Waals surface area contributed by atoms with Gasteiger partial charge in [0.2, 0.25) is 0 Å². The second kappa shape index (κ2) is 10.4. The third kappa shape index (κ3) is 5.35. The number of ether oxygens (including phenoxy) is 1. The monoisotopic (exact) mass is 396 g/mol. The highest BCUT2D eigenvalue weighted by Gasteiger charge is 2.34. The number of benzene rings is 2. The van der Waals surface area contributed by atoms with Crippen LogP contribution in [-0.2, 0) is 6.42 Å². The van der Waals surface area contributed by atoms with Crippen LogP contribution in [0.25, 0.3) is 0 Å². The largest absolute Gasteiger partial charge is 0.484 e. The molecule has 0 amide bonds. The summed E-state index contributed by atoms with van der Waals surface area (Å²) >= 11 is 4.66. The molecule has 2 heteroatoms. The van der Waals surface area contributed by atoms with Crippen LogP contribution >= 0.6 is 12.6 Å². The summed E-state index contributed by atoms with van der Waals surface area (Å²) in [7, 11) is 0. The van der Waals surface area contributed by atoms with E-state index in [1.165, 1.54) is 61.6 Å². The highest BCUT2D eigenvalue weighted by molar-refractivity contribution is 7.80. The van der Waals surface area contributed by atoms with Crippen LogP contribution in [0.1, 0.15) is 81.6 Å². The molecule has 0 heterocycles. The molecule has 2 unspecified atom stereocenters. The summed E-state index contributed by atoms with van der Waals surface area (Å²) in [6, 6.07) is 15.1. The van der Waals surface area contributed by atoms with Gasteiger partial charge in [-0.1, -0.05) is 82.7 Å². The van der Waals surface area contributed by atoms with E-state index in [-0.39, 0.29) is 6.10 Å². The molecular formula is C26H36OS. The first kappa shape index (κ1) is 21.3. The summed E-state index contributed by atoms with van der Waals surface area (Å²) < 4.78 is 6.58. The van der Waals surface area contributed by atoms with Crippen molar-refractivity contribution in [3.63, 3.8) is 0 Å². The second-order valence-electron chi connectivity index (χ2n) is 8.55. The van der Waals surface area contributed by atoms with E-state index in [1.807, 2.05) is 0 Å². The van der Waals surface area contributed by atoms with Gasteiger partial charge in [-0.05, 0) is 54.5 Å². The zero-order valence-corrected chi connectivity index (χ0v) is 18.7. The van der Waals surface area contributed by atoms with Gasteiger partial charge < -0.3 is 4.74 Å². The summed E-state index contributed by atoms with van der Waals surface area (Å²) in [4.78, 5) is 0.939. The molecule has 152 valence electrons. The van der Waals surface area contributed by atoms with E-state index < -0.39 is 0 Å². The van der Waals surface area contributed by atoms with E-state index in [9.17, 15) is 0 Å². The Morgan fingerprint density at radius 1 is 1.04 bits per heavy atom. The van der Waals surface area contributed by atoms with E-state index in [0.717, 1.165) is 23.0 Å². The van der Waals surface area contributed by atoms with Crippen LogP contribution in [-0.4, -0.2) is 0 Å². The van der Waals surface area contributed by atoms with Crippen molar-refractivity contribution in [3.05, 3.63) is 59.2 Å². The molecule has 2 aromatic carbocycles. The van der Waals surface area contributed by atoms with Crippen LogP contribution in [0.15, 0.2) is 47.4 Å². The molecule has 3 rings (SSSR count). The third-order valence-corrected chi connectivity index (χ3v) is 6.57. The summed E-state index contributed by atoms with van der Waals surface area (Å²) in [5, 5.41) is 0. The van der Waals surface area contributed by atoms with Crippen molar-refractivity contribution in [2.75, 3.05) is 0 Å². The van der Waals surface area contributed by atoms with Gasteiger partial charge in [0.15, 0.2) is 0 Å². The maximum absolute atomic E-state index is 6.58. The minimum atomic E-state index is 0.153. The summed E-state index contributed by atoms with van der Waals surface area (Å²) in [6.45, 7) is 6.73. The van der Waals surface area contributed by atoms with Crippen molar-refractivity contribution >= 4 is 12.6 Å². The Morgan fingerprint density at radius 3 is 2.50 bits per heavy atom. The molecule has 1 nitrogen and oxygen atoms in total. The van der Waals surface area contributed by atoms with Crippen molar-refractivity contribution < 1.29 is 4.74 Å². The standard InChI is InChI=1S/C26H36OS/c1-4-9-20(10-5-2)11-8-13-22-18-21-12-6-7-14-23(21)26(22)27-24-16-15-19(3)17-25(24)28/h6-7,12,14-17,20,22,26,28H,4-5,8-11,13,18H2,1-3H3. The lowest BCUT2D eigenvalue weighted by molar-refractivity contribution is 0.137. The second-order valence-corrected chi connectivity index (χ2v) is 9.03. The molecule has 2 aromatic rings. The molecular weight excluding hydrogens is 360 g/mol. The van der Waals surface area contributed by atoms with Gasteiger partial charge in [0, 0.05) is 10.8 Å². The number of thiol groups is 1. The third-order valence-electron chi connectivity index (χ3n) is 6.22. The number of hydrogen-bond acceptors (Lipinski definition) is 2. The van der Waals surface area contributed by atoms with Crippen LogP contribution in [0.2, 0.25) is 0 Å². The van der Waals surface area contributed by atoms with Crippen LogP contribution in [0, 0.1) is 18.8 Å². The fourth-order valence-electron chi connectivity index (χ4n) is 4.84. The lowest BCUT2D eigenvalue weighted by atomic mass is 9.89. The fraction of sp³-hybridized carbons (Fsp3) is 0.538. The minimum Gasteiger partial charge on any atom is -0.484 e. The van der Waals surface area contributed by atoms with Crippen molar-refractivity contribution in [1.29, 1.82) is 0 Å². The maximum atomic E-state index is 6.58. The number of aryl methyl sites for hydroxylation is 1. The van der Waals surface area contributed by atoms with E-state index in [1.54, 1.807) is 0 Å². The molecule has 1 aliphatic rings. The average molecular weight is 397 g/mol. The molecule has 0 fully saturated rings. The van der Waals surface area contributed by atoms with E-state index in [4.69, 9.17) is 4.74 Å². The Labute approximate surface area is 177 Å². The topological polar surface area (TPSA) is 9.23 Å². The SMILES string of the molecule is CCCC(CCC)CCCC1Cc2ccccc2C1Oc1ccc(C)cc1S. The van der Waals surface area contributed by atoms with Crippen molar-refractivity contribution in [2.24, 2.45) is 11.8 Å². The zero-order chi connectivity index (χ0) is 19.9. The highest BCUT2D eigenvalue weighted by Crippen LogP contribution is 2.43. The Bertz CT molecular complexity index is 748. The molecule has 0 aromatic heterocycles. The molecule has 2 atom stereocenters. The van der Waals surface area contributed by atoms with Gasteiger partial charge in [0.25, 0.3) is 0 Å². The first-order valence-electron chi connectivity index (χ1n) is 11.2. The van der Waals surface area contributed by atoms with Gasteiger partial charge in [0.05, 0.1) is 0 Å². The molecule has 0 radical (unpaired) electrons. The zero-order valence-electron chi connectivity index (χ0n) is 17.8. The lowest BCUT2D eigenvalue weighted by Crippen LogP contribution is -2.15. The molecule has 1 aliphatic carbocycles. The molecule has 28 heavy (non-hydrogen) atoms. The molecule has 0 aliphatic heterocycles. The fourth-order valence-corrected chi connectivity index (χ4v) is 5.17. The quantitative estimate of drug-likeness (QED) is 0.401. The summed E-state index contributed by atoms with van der Waals surface area (Å²) in [5.41, 5.74) is 4.06. The number of fused-ring (bicyclic) bond motifs is 1. The highest BCUT2D eigenvalue weighted by atomic mass is 32.1. The van der Waals surface area contributed by atoms with Gasteiger partial charge >= 0.3 is 0 Å². The Hall–Kier alpha value is -1.41. The molecule has 0 saturated heterocycles. The van der Waals surface area contributed by atoms with Gasteiger partial charge in [-0.25, -0.2) is 0 Å². The summed E-state index contributed by atoms with van der Waals surface area (Å²) in [6.07, 6.45) is 10.6. The Kier molecular flexibility index (Phi) is 7.91. The summed E-state index contributed by atoms with van der Waals surface area (Å²) in [5.74, 6) is 2.38. The Balaban J connectivity index is 1.69. The number of hydrogen-bond donors (Lipinski definition) is 1. The maximum Gasteiger partial charge on any atom is 0.133 e. The predicted molar refractivity (Wildman–Crippen MR) is 123 cm³/mol. The van der Waals surface area contributed by atoms with E-state index in [2.05, 4.69) is 75.9 Å². The van der Waals surface area contributed by atoms with Gasteiger partial charge in [0.1, 0.15) is 11.9 Å². The minimum absolute atomic E-state index is 0.153. The average Bonchev–Trinajstić information content (AvgIpc) is 3.02. The molecule has 0 saturated carbocycles. The van der Waals surface area contributed by atoms with Gasteiger partial charge in [-0.2, -0.15) is 0 Å². The van der Waals surface area contributed by atoms with Gasteiger partial charge in [-0.15, -0.1) is 12.6 Å². The smallest absolute Gasteiger partial charge is 0.133 e. The van der Waals surface area contributed by atoms with Gasteiger partial charge in [-0.3, -0.25) is 0 Å². The van der Waals surface area contributed by atoms with Crippen LogP contribution in [0.5, 0.6) is 5.75 Å². The van der Waals surface area contributed by atoms with Crippen molar-refractivity contribution in [1.82, 2.24) is 0 Å². The number of rotatable bonds is 10. The first-order chi connectivity index (χ1) is 13.6. The van der Waals surface area contributed by atoms with Crippen molar-refractivity contribution in [3.8, 4) is 5.75 Å². The first-order valence-corrected chi connectivity index (χ1v) is 11.6. The van der Waals surface area contributed by atoms with E-state index >= 15 is 0 Å². The normalized spacial score (nSPS) is 18.5. The van der Waals surface area contributed by atoms with Crippen molar-refractivity contribution in [2.45, 2.75) is 83.1 Å². The molecule has 0 spiro atoms. The van der Waals surface area contributed by atoms with Crippen LogP contribution < -0.4 is 4.74 Å². The molecule has 0 bridgehead atoms.